The van der Waals surface area contributed by atoms with Crippen LogP contribution in [0.3, 0.4) is 0 Å². The molecular weight excluding hydrogens is 522 g/mol. The molecule has 3 aromatic carbocycles. The van der Waals surface area contributed by atoms with Gasteiger partial charge in [0.2, 0.25) is 5.91 Å². The Morgan fingerprint density at radius 1 is 0.900 bits per heavy atom. The van der Waals surface area contributed by atoms with Crippen molar-refractivity contribution in [1.82, 2.24) is 10.2 Å². The van der Waals surface area contributed by atoms with Crippen molar-refractivity contribution in [2.75, 3.05) is 81.3 Å². The van der Waals surface area contributed by atoms with E-state index in [1.54, 1.807) is 13.2 Å². The van der Waals surface area contributed by atoms with Crippen LogP contribution >= 0.6 is 11.8 Å². The molecule has 2 amide bonds. The fourth-order valence-corrected chi connectivity index (χ4v) is 5.43. The van der Waals surface area contributed by atoms with Gasteiger partial charge in [-0.25, -0.2) is 0 Å². The zero-order chi connectivity index (χ0) is 28.3. The molecule has 40 heavy (non-hydrogen) atoms. The Bertz CT molecular complexity index is 1260. The van der Waals surface area contributed by atoms with Gasteiger partial charge in [0.1, 0.15) is 5.75 Å². The standard InChI is InChI=1S/C31H39N5O3S/c1-34(2)17-9-16-32-31(38)26-22-24(33-30(37)23-40-25-10-5-4-6-11-25)14-15-27(26)35-18-20-36(21-19-35)28-12-7-8-13-29(28)39-3/h4-8,10-15,22H,9,16-21,23H2,1-3H3,(H,32,38)(H,33,37). The highest BCUT2D eigenvalue weighted by Gasteiger charge is 2.24. The van der Waals surface area contributed by atoms with Gasteiger partial charge in [0, 0.05) is 49.0 Å². The number of rotatable bonds is 12. The average molecular weight is 562 g/mol. The Kier molecular flexibility index (Phi) is 10.7. The zero-order valence-corrected chi connectivity index (χ0v) is 24.4. The molecule has 1 aliphatic rings. The number of carbonyl (C=O) groups excluding carboxylic acids is 2. The molecule has 0 aliphatic carbocycles. The van der Waals surface area contributed by atoms with Gasteiger partial charge < -0.3 is 30.1 Å². The highest BCUT2D eigenvalue weighted by atomic mass is 32.2. The Balaban J connectivity index is 1.46. The molecule has 0 atom stereocenters. The fraction of sp³-hybridized carbons (Fsp3) is 0.355. The molecule has 1 saturated heterocycles. The molecule has 4 rings (SSSR count). The third-order valence-electron chi connectivity index (χ3n) is 6.75. The van der Waals surface area contributed by atoms with E-state index in [1.165, 1.54) is 11.8 Å². The minimum absolute atomic E-state index is 0.107. The van der Waals surface area contributed by atoms with Crippen molar-refractivity contribution >= 4 is 40.6 Å². The molecule has 3 aromatic rings. The van der Waals surface area contributed by atoms with Crippen molar-refractivity contribution in [1.29, 1.82) is 0 Å². The van der Waals surface area contributed by atoms with E-state index in [0.717, 1.165) is 61.2 Å². The molecule has 2 N–H and O–H groups in total. The van der Waals surface area contributed by atoms with Gasteiger partial charge >= 0.3 is 0 Å². The smallest absolute Gasteiger partial charge is 0.253 e. The number of anilines is 3. The van der Waals surface area contributed by atoms with Crippen molar-refractivity contribution in [3.05, 3.63) is 78.4 Å². The largest absolute Gasteiger partial charge is 0.495 e. The molecule has 1 heterocycles. The second-order valence-electron chi connectivity index (χ2n) is 9.94. The van der Waals surface area contributed by atoms with E-state index in [4.69, 9.17) is 4.74 Å². The highest BCUT2D eigenvalue weighted by Crippen LogP contribution is 2.31. The topological polar surface area (TPSA) is 77.1 Å². The monoisotopic (exact) mass is 561 g/mol. The highest BCUT2D eigenvalue weighted by molar-refractivity contribution is 8.00. The lowest BCUT2D eigenvalue weighted by molar-refractivity contribution is -0.113. The number of hydrogen-bond donors (Lipinski definition) is 2. The maximum atomic E-state index is 13.4. The van der Waals surface area contributed by atoms with Crippen LogP contribution in [0, 0.1) is 0 Å². The van der Waals surface area contributed by atoms with Crippen LogP contribution < -0.4 is 25.2 Å². The number of piperazine rings is 1. The van der Waals surface area contributed by atoms with Gasteiger partial charge in [-0.05, 0) is 69.5 Å². The molecule has 0 spiro atoms. The van der Waals surface area contributed by atoms with Gasteiger partial charge in [-0.3, -0.25) is 9.59 Å². The summed E-state index contributed by atoms with van der Waals surface area (Å²) in [6.07, 6.45) is 0.860. The van der Waals surface area contributed by atoms with Crippen LogP contribution in [0.5, 0.6) is 5.75 Å². The van der Waals surface area contributed by atoms with E-state index >= 15 is 0 Å². The van der Waals surface area contributed by atoms with Crippen molar-refractivity contribution < 1.29 is 14.3 Å². The number of nitrogens with one attached hydrogen (secondary N) is 2. The van der Waals surface area contributed by atoms with E-state index in [-0.39, 0.29) is 11.8 Å². The van der Waals surface area contributed by atoms with E-state index < -0.39 is 0 Å². The first kappa shape index (κ1) is 29.3. The number of thioether (sulfide) groups is 1. The Hall–Kier alpha value is -3.69. The van der Waals surface area contributed by atoms with Gasteiger partial charge in [-0.15, -0.1) is 11.8 Å². The number of benzene rings is 3. The second kappa shape index (κ2) is 14.6. The predicted octanol–water partition coefficient (Wildman–Crippen LogP) is 4.43. The summed E-state index contributed by atoms with van der Waals surface area (Å²) in [5, 5.41) is 6.05. The fourth-order valence-electron chi connectivity index (χ4n) is 4.71. The lowest BCUT2D eigenvalue weighted by atomic mass is 10.1. The molecule has 1 aliphatic heterocycles. The van der Waals surface area contributed by atoms with E-state index in [0.29, 0.717) is 23.5 Å². The van der Waals surface area contributed by atoms with Crippen molar-refractivity contribution in [3.8, 4) is 5.75 Å². The van der Waals surface area contributed by atoms with Gasteiger partial charge in [0.05, 0.1) is 24.1 Å². The summed E-state index contributed by atoms with van der Waals surface area (Å²) < 4.78 is 5.56. The van der Waals surface area contributed by atoms with Crippen LogP contribution in [0.2, 0.25) is 0 Å². The van der Waals surface area contributed by atoms with Gasteiger partial charge in [0.25, 0.3) is 5.91 Å². The Morgan fingerprint density at radius 2 is 1.57 bits per heavy atom. The van der Waals surface area contributed by atoms with Crippen LogP contribution in [0.25, 0.3) is 0 Å². The minimum atomic E-state index is -0.129. The minimum Gasteiger partial charge on any atom is -0.495 e. The van der Waals surface area contributed by atoms with Gasteiger partial charge in [-0.2, -0.15) is 0 Å². The number of para-hydroxylation sites is 2. The van der Waals surface area contributed by atoms with Crippen LogP contribution in [-0.4, -0.2) is 82.9 Å². The number of nitrogens with zero attached hydrogens (tertiary/aromatic N) is 3. The predicted molar refractivity (Wildman–Crippen MR) is 165 cm³/mol. The molecule has 0 aromatic heterocycles. The van der Waals surface area contributed by atoms with Crippen LogP contribution in [-0.2, 0) is 4.79 Å². The summed E-state index contributed by atoms with van der Waals surface area (Å²) in [4.78, 5) is 33.8. The van der Waals surface area contributed by atoms with Crippen molar-refractivity contribution in [3.63, 3.8) is 0 Å². The van der Waals surface area contributed by atoms with Gasteiger partial charge in [0.15, 0.2) is 0 Å². The number of methoxy groups -OCH3 is 1. The summed E-state index contributed by atoms with van der Waals surface area (Å²) >= 11 is 1.48. The Morgan fingerprint density at radius 3 is 2.27 bits per heavy atom. The third-order valence-corrected chi connectivity index (χ3v) is 7.76. The molecule has 1 fully saturated rings. The summed E-state index contributed by atoms with van der Waals surface area (Å²) in [6.45, 7) is 4.62. The average Bonchev–Trinajstić information content (AvgIpc) is 2.98. The van der Waals surface area contributed by atoms with Crippen molar-refractivity contribution in [2.24, 2.45) is 0 Å². The van der Waals surface area contributed by atoms with Crippen molar-refractivity contribution in [2.45, 2.75) is 11.3 Å². The number of amides is 2. The molecule has 0 bridgehead atoms. The molecule has 9 heteroatoms. The van der Waals surface area contributed by atoms with Crippen LogP contribution in [0.4, 0.5) is 17.1 Å². The zero-order valence-electron chi connectivity index (χ0n) is 23.6. The third kappa shape index (κ3) is 8.16. The van der Waals surface area contributed by atoms with Crippen LogP contribution in [0.15, 0.2) is 77.7 Å². The maximum absolute atomic E-state index is 13.4. The first-order valence-corrected chi connectivity index (χ1v) is 14.6. The summed E-state index contributed by atoms with van der Waals surface area (Å²) in [6, 6.07) is 23.5. The summed E-state index contributed by atoms with van der Waals surface area (Å²) in [5.74, 6) is 0.919. The summed E-state index contributed by atoms with van der Waals surface area (Å²) in [7, 11) is 5.73. The van der Waals surface area contributed by atoms with E-state index in [9.17, 15) is 9.59 Å². The Labute approximate surface area is 241 Å². The number of carbonyl (C=O) groups is 2. The number of hydrogen-bond acceptors (Lipinski definition) is 7. The quantitative estimate of drug-likeness (QED) is 0.250. The SMILES string of the molecule is COc1ccccc1N1CCN(c2ccc(NC(=O)CSc3ccccc3)cc2C(=O)NCCCN(C)C)CC1. The van der Waals surface area contributed by atoms with Crippen LogP contribution in [0.1, 0.15) is 16.8 Å². The van der Waals surface area contributed by atoms with E-state index in [2.05, 4.69) is 31.4 Å². The second-order valence-corrected chi connectivity index (χ2v) is 11.0. The lowest BCUT2D eigenvalue weighted by Gasteiger charge is -2.38. The normalized spacial score (nSPS) is 13.3. The van der Waals surface area contributed by atoms with Gasteiger partial charge in [-0.1, -0.05) is 30.3 Å². The first-order valence-electron chi connectivity index (χ1n) is 13.6. The lowest BCUT2D eigenvalue weighted by Crippen LogP contribution is -2.47. The molecule has 0 radical (unpaired) electrons. The molecule has 0 saturated carbocycles. The molecular formula is C31H39N5O3S. The number of ether oxygens (including phenoxy) is 1. The van der Waals surface area contributed by atoms with E-state index in [1.807, 2.05) is 74.8 Å². The first-order chi connectivity index (χ1) is 19.4. The maximum Gasteiger partial charge on any atom is 0.253 e. The molecule has 8 nitrogen and oxygen atoms in total. The summed E-state index contributed by atoms with van der Waals surface area (Å²) in [5.41, 5.74) is 3.15. The molecule has 212 valence electrons. The molecule has 0 unspecified atom stereocenters.